The molecule has 0 spiro atoms. The highest BCUT2D eigenvalue weighted by atomic mass is 16.2. The van der Waals surface area contributed by atoms with Crippen LogP contribution in [0.5, 0.6) is 0 Å². The van der Waals surface area contributed by atoms with Crippen LogP contribution >= 0.6 is 0 Å². The van der Waals surface area contributed by atoms with Crippen molar-refractivity contribution in [3.63, 3.8) is 0 Å². The Morgan fingerprint density at radius 1 is 1.54 bits per heavy atom. The molecule has 0 aliphatic carbocycles. The van der Waals surface area contributed by atoms with Crippen molar-refractivity contribution >= 4 is 5.91 Å². The zero-order chi connectivity index (χ0) is 9.84. The van der Waals surface area contributed by atoms with Crippen molar-refractivity contribution in [1.29, 1.82) is 0 Å². The van der Waals surface area contributed by atoms with E-state index in [1.54, 1.807) is 0 Å². The highest BCUT2D eigenvalue weighted by Crippen LogP contribution is 2.25. The van der Waals surface area contributed by atoms with Crippen LogP contribution in [0.2, 0.25) is 0 Å². The third-order valence-electron chi connectivity index (χ3n) is 2.93. The Bertz CT molecular complexity index is 177. The zero-order valence-corrected chi connectivity index (χ0v) is 9.05. The first kappa shape index (κ1) is 10.6. The van der Waals surface area contributed by atoms with Crippen molar-refractivity contribution in [2.45, 2.75) is 40.0 Å². The van der Waals surface area contributed by atoms with E-state index in [0.717, 1.165) is 25.9 Å². The minimum Gasteiger partial charge on any atom is -0.342 e. The maximum Gasteiger partial charge on any atom is 0.226 e. The fraction of sp³-hybridized carbons (Fsp3) is 0.909. The summed E-state index contributed by atoms with van der Waals surface area (Å²) in [5.74, 6) is 1.21. The fourth-order valence-electron chi connectivity index (χ4n) is 1.95. The van der Waals surface area contributed by atoms with Gasteiger partial charge in [0.05, 0.1) is 0 Å². The summed E-state index contributed by atoms with van der Waals surface area (Å²) in [7, 11) is 0. The van der Waals surface area contributed by atoms with Crippen molar-refractivity contribution in [2.24, 2.45) is 11.8 Å². The van der Waals surface area contributed by atoms with Gasteiger partial charge >= 0.3 is 0 Å². The normalized spacial score (nSPS) is 23.2. The Labute approximate surface area is 81.3 Å². The van der Waals surface area contributed by atoms with Crippen LogP contribution in [0.25, 0.3) is 0 Å². The first-order chi connectivity index (χ1) is 6.16. The lowest BCUT2D eigenvalue weighted by Gasteiger charge is -2.17. The summed E-state index contributed by atoms with van der Waals surface area (Å²) < 4.78 is 0. The van der Waals surface area contributed by atoms with Gasteiger partial charge in [0.15, 0.2) is 0 Å². The van der Waals surface area contributed by atoms with Crippen LogP contribution in [0, 0.1) is 11.8 Å². The second-order valence-corrected chi connectivity index (χ2v) is 4.32. The quantitative estimate of drug-likeness (QED) is 0.655. The number of nitrogens with zero attached hydrogens (tertiary/aromatic N) is 1. The van der Waals surface area contributed by atoms with E-state index >= 15 is 0 Å². The van der Waals surface area contributed by atoms with Crippen LogP contribution in [-0.2, 0) is 4.79 Å². The molecule has 1 atom stereocenters. The van der Waals surface area contributed by atoms with Crippen molar-refractivity contribution in [3.8, 4) is 0 Å². The predicted octanol–water partition coefficient (Wildman–Crippen LogP) is 2.29. The van der Waals surface area contributed by atoms with Crippen molar-refractivity contribution in [3.05, 3.63) is 0 Å². The first-order valence-electron chi connectivity index (χ1n) is 5.45. The number of unbranched alkanes of at least 4 members (excludes halogenated alkanes) is 1. The highest BCUT2D eigenvalue weighted by molar-refractivity contribution is 5.81. The average molecular weight is 183 g/mol. The largest absolute Gasteiger partial charge is 0.342 e. The van der Waals surface area contributed by atoms with E-state index in [1.807, 2.05) is 4.90 Å². The molecule has 0 aromatic rings. The van der Waals surface area contributed by atoms with Gasteiger partial charge in [-0.15, -0.1) is 0 Å². The molecule has 2 heteroatoms. The van der Waals surface area contributed by atoms with Gasteiger partial charge in [-0.05, 0) is 18.8 Å². The van der Waals surface area contributed by atoms with Crippen LogP contribution in [0.15, 0.2) is 0 Å². The van der Waals surface area contributed by atoms with Gasteiger partial charge in [0, 0.05) is 19.0 Å². The lowest BCUT2D eigenvalue weighted by atomic mass is 9.95. The summed E-state index contributed by atoms with van der Waals surface area (Å²) in [6.07, 6.45) is 3.40. The summed E-state index contributed by atoms with van der Waals surface area (Å²) >= 11 is 0. The molecular formula is C11H21NO. The lowest BCUT2D eigenvalue weighted by Crippen LogP contribution is -2.29. The van der Waals surface area contributed by atoms with Gasteiger partial charge in [-0.25, -0.2) is 0 Å². The summed E-state index contributed by atoms with van der Waals surface area (Å²) in [5.41, 5.74) is 0. The number of hydrogen-bond donors (Lipinski definition) is 0. The SMILES string of the molecule is CCCCN1CCC(C(C)C)C1=O. The molecule has 1 amide bonds. The Morgan fingerprint density at radius 3 is 2.69 bits per heavy atom. The minimum atomic E-state index is 0.303. The van der Waals surface area contributed by atoms with Gasteiger partial charge < -0.3 is 4.90 Å². The second-order valence-electron chi connectivity index (χ2n) is 4.32. The number of amides is 1. The van der Waals surface area contributed by atoms with Crippen molar-refractivity contribution in [1.82, 2.24) is 4.90 Å². The minimum absolute atomic E-state index is 0.303. The maximum atomic E-state index is 11.8. The Morgan fingerprint density at radius 2 is 2.23 bits per heavy atom. The van der Waals surface area contributed by atoms with Crippen LogP contribution in [0.1, 0.15) is 40.0 Å². The fourth-order valence-corrected chi connectivity index (χ4v) is 1.95. The summed E-state index contributed by atoms with van der Waals surface area (Å²) in [4.78, 5) is 13.8. The molecular weight excluding hydrogens is 162 g/mol. The van der Waals surface area contributed by atoms with Gasteiger partial charge in [0.1, 0.15) is 0 Å². The second kappa shape index (κ2) is 4.64. The predicted molar refractivity (Wildman–Crippen MR) is 54.4 cm³/mol. The molecule has 1 aliphatic heterocycles. The molecule has 0 saturated carbocycles. The smallest absolute Gasteiger partial charge is 0.226 e. The summed E-state index contributed by atoms with van der Waals surface area (Å²) in [6, 6.07) is 0. The standard InChI is InChI=1S/C11H21NO/c1-4-5-7-12-8-6-10(9(2)3)11(12)13/h9-10H,4-8H2,1-3H3. The van der Waals surface area contributed by atoms with Crippen LogP contribution in [0.3, 0.4) is 0 Å². The molecule has 1 rings (SSSR count). The van der Waals surface area contributed by atoms with E-state index in [1.165, 1.54) is 6.42 Å². The lowest BCUT2D eigenvalue weighted by molar-refractivity contribution is -0.132. The first-order valence-corrected chi connectivity index (χ1v) is 5.45. The third-order valence-corrected chi connectivity index (χ3v) is 2.93. The molecule has 0 N–H and O–H groups in total. The molecule has 2 nitrogen and oxygen atoms in total. The highest BCUT2D eigenvalue weighted by Gasteiger charge is 2.32. The third kappa shape index (κ3) is 2.45. The van der Waals surface area contributed by atoms with Gasteiger partial charge in [0.2, 0.25) is 5.91 Å². The zero-order valence-electron chi connectivity index (χ0n) is 9.05. The molecule has 1 aliphatic rings. The van der Waals surface area contributed by atoms with Gasteiger partial charge in [-0.2, -0.15) is 0 Å². The summed E-state index contributed by atoms with van der Waals surface area (Å²) in [6.45, 7) is 8.42. The maximum absolute atomic E-state index is 11.8. The van der Waals surface area contributed by atoms with Crippen LogP contribution in [-0.4, -0.2) is 23.9 Å². The van der Waals surface area contributed by atoms with E-state index < -0.39 is 0 Å². The number of carbonyl (C=O) groups excluding carboxylic acids is 1. The number of rotatable bonds is 4. The van der Waals surface area contributed by atoms with E-state index in [0.29, 0.717) is 17.7 Å². The Kier molecular flexibility index (Phi) is 3.76. The van der Waals surface area contributed by atoms with Gasteiger partial charge in [-0.1, -0.05) is 27.2 Å². The molecule has 0 aromatic heterocycles. The molecule has 0 bridgehead atoms. The molecule has 1 heterocycles. The van der Waals surface area contributed by atoms with E-state index in [2.05, 4.69) is 20.8 Å². The Hall–Kier alpha value is -0.530. The van der Waals surface area contributed by atoms with E-state index in [-0.39, 0.29) is 0 Å². The van der Waals surface area contributed by atoms with Crippen LogP contribution in [0.4, 0.5) is 0 Å². The molecule has 76 valence electrons. The number of carbonyl (C=O) groups is 1. The summed E-state index contributed by atoms with van der Waals surface area (Å²) in [5, 5.41) is 0. The van der Waals surface area contributed by atoms with Gasteiger partial charge in [0.25, 0.3) is 0 Å². The molecule has 0 radical (unpaired) electrons. The Balaban J connectivity index is 2.41. The van der Waals surface area contributed by atoms with Crippen molar-refractivity contribution in [2.75, 3.05) is 13.1 Å². The number of likely N-dealkylation sites (tertiary alicyclic amines) is 1. The van der Waals surface area contributed by atoms with Crippen molar-refractivity contribution < 1.29 is 4.79 Å². The topological polar surface area (TPSA) is 20.3 Å². The number of hydrogen-bond acceptors (Lipinski definition) is 1. The van der Waals surface area contributed by atoms with E-state index in [4.69, 9.17) is 0 Å². The monoisotopic (exact) mass is 183 g/mol. The van der Waals surface area contributed by atoms with E-state index in [9.17, 15) is 4.79 Å². The molecule has 1 unspecified atom stereocenters. The molecule has 13 heavy (non-hydrogen) atoms. The van der Waals surface area contributed by atoms with Crippen LogP contribution < -0.4 is 0 Å². The molecule has 0 aromatic carbocycles. The molecule has 1 saturated heterocycles. The molecule has 1 fully saturated rings. The average Bonchev–Trinajstić information content (AvgIpc) is 2.43. The van der Waals surface area contributed by atoms with Gasteiger partial charge in [-0.3, -0.25) is 4.79 Å².